The van der Waals surface area contributed by atoms with Crippen LogP contribution in [-0.4, -0.2) is 45.5 Å². The summed E-state index contributed by atoms with van der Waals surface area (Å²) in [5.41, 5.74) is 3.29. The lowest BCUT2D eigenvalue weighted by Gasteiger charge is -2.18. The molecular weight excluding hydrogens is 308 g/mol. The Morgan fingerprint density at radius 1 is 1.21 bits per heavy atom. The minimum atomic E-state index is -0.486. The third kappa shape index (κ3) is 4.93. The minimum absolute atomic E-state index is 0.00428. The molecule has 0 bridgehead atoms. The van der Waals surface area contributed by atoms with E-state index < -0.39 is 6.10 Å². The topological polar surface area (TPSA) is 128 Å². The zero-order chi connectivity index (χ0) is 17.4. The quantitative estimate of drug-likeness (QED) is 0.214. The number of nitrogens with two attached hydrogens (primary N) is 1. The standard InChI is InChI=1S/C16H30N6O2/c1-2-3-4-5-6-18-15-14(22-17)16(20-10-19-15)21-12-7-11(9-23)13(24)8-12/h10-13,22-24H,2-9,17H2,1H3,(H2,18,19,20,21). The largest absolute Gasteiger partial charge is 0.396 e. The van der Waals surface area contributed by atoms with Crippen molar-refractivity contribution < 1.29 is 10.2 Å². The molecule has 1 fully saturated rings. The van der Waals surface area contributed by atoms with Crippen LogP contribution in [0, 0.1) is 5.92 Å². The third-order valence-corrected chi connectivity index (χ3v) is 4.55. The van der Waals surface area contributed by atoms with Gasteiger partial charge in [-0.1, -0.05) is 26.2 Å². The van der Waals surface area contributed by atoms with Crippen LogP contribution in [0.1, 0.15) is 45.4 Å². The molecule has 3 unspecified atom stereocenters. The summed E-state index contributed by atoms with van der Waals surface area (Å²) in [6, 6.07) is 0.0524. The molecule has 1 aliphatic rings. The number of anilines is 3. The Morgan fingerprint density at radius 2 is 2.00 bits per heavy atom. The van der Waals surface area contributed by atoms with Crippen molar-refractivity contribution in [1.29, 1.82) is 0 Å². The maximum absolute atomic E-state index is 9.92. The molecule has 0 aliphatic heterocycles. The number of nitrogens with zero attached hydrogens (tertiary/aromatic N) is 2. The minimum Gasteiger partial charge on any atom is -0.396 e. The molecular formula is C16H30N6O2. The van der Waals surface area contributed by atoms with Crippen molar-refractivity contribution in [2.75, 3.05) is 29.2 Å². The molecule has 2 rings (SSSR count). The van der Waals surface area contributed by atoms with Gasteiger partial charge in [0.05, 0.1) is 6.10 Å². The van der Waals surface area contributed by atoms with Crippen molar-refractivity contribution >= 4 is 17.3 Å². The van der Waals surface area contributed by atoms with E-state index in [9.17, 15) is 10.2 Å². The summed E-state index contributed by atoms with van der Waals surface area (Å²) in [5.74, 6) is 6.85. The fourth-order valence-corrected chi connectivity index (χ4v) is 3.13. The second kappa shape index (κ2) is 9.61. The Kier molecular flexibility index (Phi) is 7.48. The highest BCUT2D eigenvalue weighted by molar-refractivity contribution is 5.76. The van der Waals surface area contributed by atoms with Crippen LogP contribution in [-0.2, 0) is 0 Å². The van der Waals surface area contributed by atoms with E-state index in [0.717, 1.165) is 13.0 Å². The van der Waals surface area contributed by atoms with Crippen LogP contribution in [0.3, 0.4) is 0 Å². The Balaban J connectivity index is 1.96. The summed E-state index contributed by atoms with van der Waals surface area (Å²) in [6.45, 7) is 3.02. The van der Waals surface area contributed by atoms with Gasteiger partial charge in [0, 0.05) is 25.1 Å². The third-order valence-electron chi connectivity index (χ3n) is 4.55. The number of rotatable bonds is 10. The lowest BCUT2D eigenvalue weighted by molar-refractivity contribution is 0.0908. The highest BCUT2D eigenvalue weighted by Crippen LogP contribution is 2.31. The SMILES string of the molecule is CCCCCCNc1ncnc(NC2CC(O)C(CO)C2)c1NN. The maximum atomic E-state index is 9.92. The molecule has 1 aromatic heterocycles. The van der Waals surface area contributed by atoms with Crippen LogP contribution >= 0.6 is 0 Å². The van der Waals surface area contributed by atoms with Gasteiger partial charge in [0.1, 0.15) is 12.0 Å². The van der Waals surface area contributed by atoms with Crippen LogP contribution in [0.2, 0.25) is 0 Å². The van der Waals surface area contributed by atoms with Gasteiger partial charge in [0.15, 0.2) is 11.6 Å². The summed E-state index contributed by atoms with van der Waals surface area (Å²) in [6.07, 6.45) is 7.00. The molecule has 8 nitrogen and oxygen atoms in total. The number of hydrogen-bond donors (Lipinski definition) is 6. The van der Waals surface area contributed by atoms with Gasteiger partial charge < -0.3 is 26.3 Å². The van der Waals surface area contributed by atoms with E-state index >= 15 is 0 Å². The normalized spacial score (nSPS) is 23.2. The highest BCUT2D eigenvalue weighted by Gasteiger charge is 2.33. The van der Waals surface area contributed by atoms with Crippen molar-refractivity contribution in [3.05, 3.63) is 6.33 Å². The highest BCUT2D eigenvalue weighted by atomic mass is 16.3. The predicted octanol–water partition coefficient (Wildman–Crippen LogP) is 1.30. The molecule has 1 heterocycles. The van der Waals surface area contributed by atoms with Crippen molar-refractivity contribution in [2.45, 2.75) is 57.6 Å². The molecule has 7 N–H and O–H groups in total. The Labute approximate surface area is 143 Å². The van der Waals surface area contributed by atoms with E-state index in [4.69, 9.17) is 5.84 Å². The molecule has 136 valence electrons. The van der Waals surface area contributed by atoms with Crippen LogP contribution < -0.4 is 21.9 Å². The van der Waals surface area contributed by atoms with Crippen molar-refractivity contribution in [1.82, 2.24) is 9.97 Å². The number of aliphatic hydroxyl groups excluding tert-OH is 2. The first-order chi connectivity index (χ1) is 11.7. The fourth-order valence-electron chi connectivity index (χ4n) is 3.13. The van der Waals surface area contributed by atoms with E-state index in [2.05, 4.69) is 33.0 Å². The molecule has 8 heteroatoms. The summed E-state index contributed by atoms with van der Waals surface area (Å²) in [7, 11) is 0. The van der Waals surface area contributed by atoms with Gasteiger partial charge >= 0.3 is 0 Å². The fraction of sp³-hybridized carbons (Fsp3) is 0.750. The summed E-state index contributed by atoms with van der Waals surface area (Å²) < 4.78 is 0. The number of aromatic nitrogens is 2. The number of unbranched alkanes of at least 4 members (excludes halogenated alkanes) is 3. The predicted molar refractivity (Wildman–Crippen MR) is 95.7 cm³/mol. The van der Waals surface area contributed by atoms with Gasteiger partial charge in [-0.05, 0) is 19.3 Å². The molecule has 1 aromatic rings. The molecule has 0 spiro atoms. The first kappa shape index (κ1) is 18.7. The first-order valence-electron chi connectivity index (χ1n) is 8.80. The average Bonchev–Trinajstić information content (AvgIpc) is 2.94. The number of nitrogens with one attached hydrogen (secondary N) is 3. The number of nitrogen functional groups attached to an aromatic ring is 1. The van der Waals surface area contributed by atoms with Crippen molar-refractivity contribution in [3.63, 3.8) is 0 Å². The van der Waals surface area contributed by atoms with Gasteiger partial charge in [-0.15, -0.1) is 0 Å². The zero-order valence-electron chi connectivity index (χ0n) is 14.3. The van der Waals surface area contributed by atoms with Crippen molar-refractivity contribution in [2.24, 2.45) is 11.8 Å². The van der Waals surface area contributed by atoms with E-state index in [1.54, 1.807) is 0 Å². The molecule has 0 amide bonds. The maximum Gasteiger partial charge on any atom is 0.156 e. The van der Waals surface area contributed by atoms with Gasteiger partial charge in [-0.2, -0.15) is 0 Å². The lowest BCUT2D eigenvalue weighted by Crippen LogP contribution is -2.21. The van der Waals surface area contributed by atoms with Gasteiger partial charge in [-0.3, -0.25) is 5.84 Å². The molecule has 0 radical (unpaired) electrons. The summed E-state index contributed by atoms with van der Waals surface area (Å²) in [5, 5.41) is 25.8. The van der Waals surface area contributed by atoms with Gasteiger partial charge in [0.25, 0.3) is 0 Å². The lowest BCUT2D eigenvalue weighted by atomic mass is 10.1. The number of hydrazine groups is 1. The molecule has 0 saturated heterocycles. The summed E-state index contributed by atoms with van der Waals surface area (Å²) >= 11 is 0. The Hall–Kier alpha value is -1.64. The average molecular weight is 338 g/mol. The van der Waals surface area contributed by atoms with Crippen LogP contribution in [0.25, 0.3) is 0 Å². The monoisotopic (exact) mass is 338 g/mol. The number of aliphatic hydroxyl groups is 2. The van der Waals surface area contributed by atoms with E-state index in [0.29, 0.717) is 30.2 Å². The number of hydrogen-bond acceptors (Lipinski definition) is 8. The van der Waals surface area contributed by atoms with E-state index in [1.165, 1.54) is 25.6 Å². The molecule has 24 heavy (non-hydrogen) atoms. The molecule has 1 aliphatic carbocycles. The molecule has 0 aromatic carbocycles. The molecule has 1 saturated carbocycles. The van der Waals surface area contributed by atoms with Crippen molar-refractivity contribution in [3.8, 4) is 0 Å². The molecule has 3 atom stereocenters. The second-order valence-electron chi connectivity index (χ2n) is 6.40. The van der Waals surface area contributed by atoms with E-state index in [-0.39, 0.29) is 18.6 Å². The second-order valence-corrected chi connectivity index (χ2v) is 6.40. The summed E-state index contributed by atoms with van der Waals surface area (Å²) in [4.78, 5) is 8.51. The van der Waals surface area contributed by atoms with E-state index in [1.807, 2.05) is 0 Å². The van der Waals surface area contributed by atoms with Crippen LogP contribution in [0.5, 0.6) is 0 Å². The van der Waals surface area contributed by atoms with Gasteiger partial charge in [-0.25, -0.2) is 9.97 Å². The van der Waals surface area contributed by atoms with Crippen LogP contribution in [0.15, 0.2) is 6.33 Å². The first-order valence-corrected chi connectivity index (χ1v) is 8.80. The Bertz CT molecular complexity index is 501. The zero-order valence-corrected chi connectivity index (χ0v) is 14.3. The van der Waals surface area contributed by atoms with Gasteiger partial charge in [0.2, 0.25) is 0 Å². The van der Waals surface area contributed by atoms with Crippen LogP contribution in [0.4, 0.5) is 17.3 Å². The Morgan fingerprint density at radius 3 is 2.67 bits per heavy atom. The smallest absolute Gasteiger partial charge is 0.156 e.